The van der Waals surface area contributed by atoms with Gasteiger partial charge in [-0.2, -0.15) is 0 Å². The summed E-state index contributed by atoms with van der Waals surface area (Å²) in [7, 11) is 0. The minimum atomic E-state index is -0.295. The lowest BCUT2D eigenvalue weighted by Gasteiger charge is -2.36. The first-order valence-corrected chi connectivity index (χ1v) is 6.78. The molecule has 102 valence electrons. The number of hydrogen-bond donors (Lipinski definition) is 2. The molecule has 2 heterocycles. The molecule has 2 N–H and O–H groups in total. The molecular weight excluding hydrogens is 245 g/mol. The van der Waals surface area contributed by atoms with Gasteiger partial charge in [0.05, 0.1) is 0 Å². The van der Waals surface area contributed by atoms with Gasteiger partial charge in [-0.3, -0.25) is 0 Å². The third-order valence-electron chi connectivity index (χ3n) is 4.03. The highest BCUT2D eigenvalue weighted by Gasteiger charge is 2.37. The number of fused-ring (bicyclic) bond motifs is 1. The summed E-state index contributed by atoms with van der Waals surface area (Å²) in [5, 5.41) is 6.19. The first-order valence-electron chi connectivity index (χ1n) is 6.78. The van der Waals surface area contributed by atoms with Crippen molar-refractivity contribution in [1.29, 1.82) is 0 Å². The normalized spacial score (nSPS) is 26.1. The van der Waals surface area contributed by atoms with Crippen molar-refractivity contribution in [2.45, 2.75) is 18.9 Å². The molecule has 4 nitrogen and oxygen atoms in total. The number of anilines is 1. The summed E-state index contributed by atoms with van der Waals surface area (Å²) in [6.45, 7) is 2.68. The summed E-state index contributed by atoms with van der Waals surface area (Å²) in [5.41, 5.74) is 0.638. The number of urea groups is 1. The highest BCUT2D eigenvalue weighted by Crippen LogP contribution is 2.26. The van der Waals surface area contributed by atoms with Gasteiger partial charge in [0.15, 0.2) is 0 Å². The Bertz CT molecular complexity index is 462. The van der Waals surface area contributed by atoms with E-state index in [0.29, 0.717) is 17.6 Å². The fraction of sp³-hybridized carbons (Fsp3) is 0.500. The van der Waals surface area contributed by atoms with Gasteiger partial charge in [0, 0.05) is 31.4 Å². The smallest absolute Gasteiger partial charge is 0.320 e. The van der Waals surface area contributed by atoms with Gasteiger partial charge in [-0.25, -0.2) is 9.18 Å². The molecule has 2 aliphatic rings. The van der Waals surface area contributed by atoms with Gasteiger partial charge in [0.25, 0.3) is 0 Å². The lowest BCUT2D eigenvalue weighted by atomic mass is 9.92. The van der Waals surface area contributed by atoms with Crippen molar-refractivity contribution in [2.75, 3.05) is 25.0 Å². The Labute approximate surface area is 112 Å². The van der Waals surface area contributed by atoms with Gasteiger partial charge < -0.3 is 15.5 Å². The summed E-state index contributed by atoms with van der Waals surface area (Å²) in [6.07, 6.45) is 2.25. The highest BCUT2D eigenvalue weighted by molar-refractivity contribution is 5.89. The SMILES string of the molecule is O=C(Nc1ccc(F)cc1)N1CCCC2CNCC21. The number of carbonyl (C=O) groups excluding carboxylic acids is 1. The van der Waals surface area contributed by atoms with Crippen molar-refractivity contribution in [1.82, 2.24) is 10.2 Å². The van der Waals surface area contributed by atoms with Crippen LogP contribution < -0.4 is 10.6 Å². The molecule has 19 heavy (non-hydrogen) atoms. The van der Waals surface area contributed by atoms with Gasteiger partial charge >= 0.3 is 6.03 Å². The van der Waals surface area contributed by atoms with Crippen LogP contribution in [0.3, 0.4) is 0 Å². The van der Waals surface area contributed by atoms with Crippen LogP contribution in [-0.4, -0.2) is 36.6 Å². The number of halogens is 1. The van der Waals surface area contributed by atoms with Gasteiger partial charge in [0.1, 0.15) is 5.82 Å². The summed E-state index contributed by atoms with van der Waals surface area (Å²) in [5.74, 6) is 0.281. The molecule has 1 aromatic carbocycles. The van der Waals surface area contributed by atoms with Crippen LogP contribution in [0.4, 0.5) is 14.9 Å². The second-order valence-corrected chi connectivity index (χ2v) is 5.26. The van der Waals surface area contributed by atoms with E-state index < -0.39 is 0 Å². The van der Waals surface area contributed by atoms with Crippen LogP contribution in [0.25, 0.3) is 0 Å². The van der Waals surface area contributed by atoms with Crippen LogP contribution in [0.2, 0.25) is 0 Å². The van der Waals surface area contributed by atoms with Crippen molar-refractivity contribution >= 4 is 11.7 Å². The van der Waals surface area contributed by atoms with Crippen LogP contribution >= 0.6 is 0 Å². The van der Waals surface area contributed by atoms with Crippen LogP contribution in [0.1, 0.15) is 12.8 Å². The van der Waals surface area contributed by atoms with E-state index in [1.807, 2.05) is 4.90 Å². The van der Waals surface area contributed by atoms with E-state index in [0.717, 1.165) is 26.1 Å². The minimum absolute atomic E-state index is 0.0787. The maximum absolute atomic E-state index is 12.8. The Balaban J connectivity index is 1.67. The van der Waals surface area contributed by atoms with E-state index >= 15 is 0 Å². The molecule has 2 unspecified atom stereocenters. The van der Waals surface area contributed by atoms with E-state index in [1.165, 1.54) is 18.6 Å². The van der Waals surface area contributed by atoms with Crippen molar-refractivity contribution in [3.05, 3.63) is 30.1 Å². The molecule has 2 atom stereocenters. The second kappa shape index (κ2) is 5.17. The molecule has 0 radical (unpaired) electrons. The van der Waals surface area contributed by atoms with E-state index in [1.54, 1.807) is 12.1 Å². The fourth-order valence-electron chi connectivity index (χ4n) is 3.05. The van der Waals surface area contributed by atoms with Crippen LogP contribution in [-0.2, 0) is 0 Å². The Morgan fingerprint density at radius 2 is 2.11 bits per heavy atom. The van der Waals surface area contributed by atoms with Gasteiger partial charge in [-0.05, 0) is 43.0 Å². The molecular formula is C14H18FN3O. The Morgan fingerprint density at radius 1 is 1.32 bits per heavy atom. The Kier molecular flexibility index (Phi) is 3.38. The number of nitrogens with zero attached hydrogens (tertiary/aromatic N) is 1. The summed E-state index contributed by atoms with van der Waals surface area (Å²) >= 11 is 0. The molecule has 2 aliphatic heterocycles. The van der Waals surface area contributed by atoms with Crippen LogP contribution in [0.15, 0.2) is 24.3 Å². The van der Waals surface area contributed by atoms with Crippen molar-refractivity contribution in [3.8, 4) is 0 Å². The maximum Gasteiger partial charge on any atom is 0.322 e. The molecule has 1 aromatic rings. The quantitative estimate of drug-likeness (QED) is 0.814. The molecule has 2 saturated heterocycles. The summed E-state index contributed by atoms with van der Waals surface area (Å²) in [4.78, 5) is 14.2. The third-order valence-corrected chi connectivity index (χ3v) is 4.03. The van der Waals surface area contributed by atoms with Gasteiger partial charge in [-0.1, -0.05) is 0 Å². The molecule has 0 saturated carbocycles. The zero-order chi connectivity index (χ0) is 13.2. The summed E-state index contributed by atoms with van der Waals surface area (Å²) < 4.78 is 12.8. The van der Waals surface area contributed by atoms with E-state index in [9.17, 15) is 9.18 Å². The molecule has 2 amide bonds. The molecule has 2 fully saturated rings. The number of rotatable bonds is 1. The topological polar surface area (TPSA) is 44.4 Å². The van der Waals surface area contributed by atoms with E-state index in [4.69, 9.17) is 0 Å². The average molecular weight is 263 g/mol. The van der Waals surface area contributed by atoms with Crippen molar-refractivity contribution in [2.24, 2.45) is 5.92 Å². The van der Waals surface area contributed by atoms with E-state index in [2.05, 4.69) is 10.6 Å². The number of nitrogens with one attached hydrogen (secondary N) is 2. The van der Waals surface area contributed by atoms with E-state index in [-0.39, 0.29) is 11.8 Å². The number of benzene rings is 1. The standard InChI is InChI=1S/C14H18FN3O/c15-11-3-5-12(6-4-11)17-14(19)18-7-1-2-10-8-16-9-13(10)18/h3-6,10,13,16H,1-2,7-9H2,(H,17,19). The molecule has 3 rings (SSSR count). The Morgan fingerprint density at radius 3 is 2.89 bits per heavy atom. The number of carbonyl (C=O) groups is 1. The average Bonchev–Trinajstić information content (AvgIpc) is 2.89. The molecule has 0 bridgehead atoms. The Hall–Kier alpha value is -1.62. The zero-order valence-electron chi connectivity index (χ0n) is 10.7. The monoisotopic (exact) mass is 263 g/mol. The number of piperidine rings is 1. The molecule has 0 spiro atoms. The largest absolute Gasteiger partial charge is 0.322 e. The number of hydrogen-bond acceptors (Lipinski definition) is 2. The third kappa shape index (κ3) is 2.56. The molecule has 5 heteroatoms. The lowest BCUT2D eigenvalue weighted by Crippen LogP contribution is -2.50. The number of likely N-dealkylation sites (tertiary alicyclic amines) is 1. The summed E-state index contributed by atoms with van der Waals surface area (Å²) in [6, 6.07) is 6.10. The molecule has 0 aliphatic carbocycles. The van der Waals surface area contributed by atoms with Gasteiger partial charge in [0.2, 0.25) is 0 Å². The van der Waals surface area contributed by atoms with Crippen LogP contribution in [0, 0.1) is 11.7 Å². The lowest BCUT2D eigenvalue weighted by molar-refractivity contribution is 0.147. The molecule has 0 aromatic heterocycles. The minimum Gasteiger partial charge on any atom is -0.320 e. The predicted octanol–water partition coefficient (Wildman–Crippen LogP) is 2.04. The van der Waals surface area contributed by atoms with Crippen molar-refractivity contribution in [3.63, 3.8) is 0 Å². The second-order valence-electron chi connectivity index (χ2n) is 5.26. The zero-order valence-corrected chi connectivity index (χ0v) is 10.7. The first kappa shape index (κ1) is 12.4. The fourth-order valence-corrected chi connectivity index (χ4v) is 3.05. The van der Waals surface area contributed by atoms with Crippen molar-refractivity contribution < 1.29 is 9.18 Å². The maximum atomic E-state index is 12.8. The first-order chi connectivity index (χ1) is 9.24. The van der Waals surface area contributed by atoms with Crippen LogP contribution in [0.5, 0.6) is 0 Å². The van der Waals surface area contributed by atoms with Gasteiger partial charge in [-0.15, -0.1) is 0 Å². The highest BCUT2D eigenvalue weighted by atomic mass is 19.1. The number of amides is 2. The predicted molar refractivity (Wildman–Crippen MR) is 71.5 cm³/mol.